The van der Waals surface area contributed by atoms with Crippen LogP contribution in [0.1, 0.15) is 18.4 Å². The van der Waals surface area contributed by atoms with Crippen LogP contribution in [0.15, 0.2) is 48.5 Å². The summed E-state index contributed by atoms with van der Waals surface area (Å²) >= 11 is 5.65. The van der Waals surface area contributed by atoms with Gasteiger partial charge < -0.3 is 15.7 Å². The summed E-state index contributed by atoms with van der Waals surface area (Å²) in [6.07, 6.45) is 1.73. The van der Waals surface area contributed by atoms with E-state index in [0.717, 1.165) is 18.9 Å². The van der Waals surface area contributed by atoms with E-state index in [1.807, 2.05) is 18.2 Å². The number of aliphatic hydroxyl groups is 1. The van der Waals surface area contributed by atoms with Gasteiger partial charge in [0.15, 0.2) is 0 Å². The van der Waals surface area contributed by atoms with Crippen LogP contribution in [0, 0.1) is 11.7 Å². The molecule has 1 atom stereocenters. The van der Waals surface area contributed by atoms with Crippen molar-refractivity contribution < 1.29 is 19.1 Å². The number of rotatable bonds is 5. The molecule has 0 radical (unpaired) electrons. The van der Waals surface area contributed by atoms with E-state index in [0.29, 0.717) is 5.56 Å². The third-order valence-corrected chi connectivity index (χ3v) is 4.72. The Balaban J connectivity index is 1.63. The van der Waals surface area contributed by atoms with Crippen molar-refractivity contribution in [1.29, 1.82) is 0 Å². The van der Waals surface area contributed by atoms with Crippen molar-refractivity contribution in [3.05, 3.63) is 64.9 Å². The van der Waals surface area contributed by atoms with Crippen molar-refractivity contribution in [2.24, 2.45) is 5.92 Å². The van der Waals surface area contributed by atoms with E-state index < -0.39 is 23.2 Å². The molecule has 2 aromatic carbocycles. The lowest BCUT2D eigenvalue weighted by atomic mass is 9.88. The second-order valence-electron chi connectivity index (χ2n) is 6.33. The van der Waals surface area contributed by atoms with Gasteiger partial charge in [-0.15, -0.1) is 0 Å². The first-order valence-electron chi connectivity index (χ1n) is 8.22. The number of amides is 2. The molecule has 0 aromatic heterocycles. The fourth-order valence-corrected chi connectivity index (χ4v) is 3.01. The molecule has 0 aliphatic heterocycles. The van der Waals surface area contributed by atoms with Gasteiger partial charge in [0.05, 0.1) is 11.6 Å². The monoisotopic (exact) mass is 376 g/mol. The van der Waals surface area contributed by atoms with Crippen LogP contribution in [0.3, 0.4) is 0 Å². The van der Waals surface area contributed by atoms with Crippen LogP contribution in [-0.2, 0) is 15.2 Å². The number of anilines is 1. The molecule has 2 amide bonds. The lowest BCUT2D eigenvalue weighted by Crippen LogP contribution is -2.45. The van der Waals surface area contributed by atoms with Gasteiger partial charge in [-0.25, -0.2) is 4.39 Å². The Morgan fingerprint density at radius 2 is 1.85 bits per heavy atom. The third kappa shape index (κ3) is 4.03. The van der Waals surface area contributed by atoms with Crippen LogP contribution < -0.4 is 10.6 Å². The molecule has 0 spiro atoms. The molecule has 1 fully saturated rings. The summed E-state index contributed by atoms with van der Waals surface area (Å²) in [5, 5.41) is 15.7. The Morgan fingerprint density at radius 1 is 1.15 bits per heavy atom. The number of nitrogens with one attached hydrogen (secondary N) is 2. The molecule has 0 unspecified atom stereocenters. The summed E-state index contributed by atoms with van der Waals surface area (Å²) in [4.78, 5) is 24.1. The molecule has 7 heteroatoms. The van der Waals surface area contributed by atoms with Gasteiger partial charge in [0.1, 0.15) is 11.4 Å². The van der Waals surface area contributed by atoms with E-state index in [4.69, 9.17) is 11.6 Å². The van der Waals surface area contributed by atoms with Crippen molar-refractivity contribution in [1.82, 2.24) is 5.32 Å². The Morgan fingerprint density at radius 3 is 2.46 bits per heavy atom. The molecule has 3 rings (SSSR count). The third-order valence-electron chi connectivity index (χ3n) is 4.43. The highest BCUT2D eigenvalue weighted by molar-refractivity contribution is 6.39. The van der Waals surface area contributed by atoms with Crippen molar-refractivity contribution in [2.45, 2.75) is 18.4 Å². The highest BCUT2D eigenvalue weighted by Crippen LogP contribution is 2.45. The van der Waals surface area contributed by atoms with Gasteiger partial charge in [-0.1, -0.05) is 41.9 Å². The minimum Gasteiger partial charge on any atom is -0.383 e. The maximum Gasteiger partial charge on any atom is 0.313 e. The van der Waals surface area contributed by atoms with Crippen LogP contribution in [0.2, 0.25) is 5.02 Å². The quantitative estimate of drug-likeness (QED) is 0.702. The first-order chi connectivity index (χ1) is 12.4. The number of benzene rings is 2. The minimum absolute atomic E-state index is 0.0455. The van der Waals surface area contributed by atoms with Gasteiger partial charge in [0.25, 0.3) is 0 Å². The Labute approximate surface area is 155 Å². The van der Waals surface area contributed by atoms with E-state index in [1.54, 1.807) is 12.1 Å². The molecule has 136 valence electrons. The van der Waals surface area contributed by atoms with Crippen molar-refractivity contribution in [3.8, 4) is 0 Å². The number of carbonyl (C=O) groups is 2. The Hall–Kier alpha value is -2.44. The van der Waals surface area contributed by atoms with Gasteiger partial charge in [0, 0.05) is 5.69 Å². The van der Waals surface area contributed by atoms with Gasteiger partial charge in [0.2, 0.25) is 0 Å². The molecule has 0 bridgehead atoms. The fraction of sp³-hybridized carbons (Fsp3) is 0.263. The zero-order valence-electron chi connectivity index (χ0n) is 13.8. The highest BCUT2D eigenvalue weighted by atomic mass is 35.5. The fourth-order valence-electron chi connectivity index (χ4n) is 2.83. The molecule has 2 aromatic rings. The van der Waals surface area contributed by atoms with Crippen molar-refractivity contribution >= 4 is 29.1 Å². The molecule has 26 heavy (non-hydrogen) atoms. The first-order valence-corrected chi connectivity index (χ1v) is 8.60. The van der Waals surface area contributed by atoms with E-state index in [9.17, 15) is 19.1 Å². The lowest BCUT2D eigenvalue weighted by Gasteiger charge is -2.29. The summed E-state index contributed by atoms with van der Waals surface area (Å²) < 4.78 is 13.1. The van der Waals surface area contributed by atoms with Crippen LogP contribution in [0.5, 0.6) is 0 Å². The molecule has 3 N–H and O–H groups in total. The zero-order chi connectivity index (χ0) is 18.7. The predicted octanol–water partition coefficient (Wildman–Crippen LogP) is 2.83. The van der Waals surface area contributed by atoms with Gasteiger partial charge in [-0.05, 0) is 42.5 Å². The number of halogens is 2. The summed E-state index contributed by atoms with van der Waals surface area (Å²) in [6, 6.07) is 12.7. The van der Waals surface area contributed by atoms with Crippen molar-refractivity contribution in [2.75, 3.05) is 11.9 Å². The normalized spacial score (nSPS) is 15.8. The average Bonchev–Trinajstić information content (AvgIpc) is 3.49. The Bertz CT molecular complexity index is 827. The molecular formula is C19H18ClFN2O3. The van der Waals surface area contributed by atoms with E-state index in [2.05, 4.69) is 10.6 Å². The molecule has 0 heterocycles. The van der Waals surface area contributed by atoms with Crippen LogP contribution in [0.4, 0.5) is 10.1 Å². The molecule has 1 saturated carbocycles. The summed E-state index contributed by atoms with van der Waals surface area (Å²) in [7, 11) is 0. The van der Waals surface area contributed by atoms with E-state index >= 15 is 0 Å². The van der Waals surface area contributed by atoms with Gasteiger partial charge >= 0.3 is 11.8 Å². The van der Waals surface area contributed by atoms with Crippen LogP contribution in [-0.4, -0.2) is 23.5 Å². The molecule has 1 aliphatic rings. The summed E-state index contributed by atoms with van der Waals surface area (Å²) in [5.41, 5.74) is -0.304. The van der Waals surface area contributed by atoms with Gasteiger partial charge in [-0.3, -0.25) is 9.59 Å². The zero-order valence-corrected chi connectivity index (χ0v) is 14.6. The average molecular weight is 377 g/mol. The number of carbonyl (C=O) groups excluding carboxylic acids is 2. The highest BCUT2D eigenvalue weighted by Gasteiger charge is 2.45. The SMILES string of the molecule is O=C(NC[C@@](O)(c1ccccc1)C1CC1)C(=O)Nc1ccc(F)c(Cl)c1. The van der Waals surface area contributed by atoms with Crippen LogP contribution in [0.25, 0.3) is 0 Å². The molecule has 1 aliphatic carbocycles. The van der Waals surface area contributed by atoms with Gasteiger partial charge in [-0.2, -0.15) is 0 Å². The predicted molar refractivity (Wildman–Crippen MR) is 96.1 cm³/mol. The maximum atomic E-state index is 13.1. The Kier molecular flexibility index (Phi) is 5.25. The smallest absolute Gasteiger partial charge is 0.313 e. The standard InChI is InChI=1S/C19H18ClFN2O3/c20-15-10-14(8-9-16(15)21)23-18(25)17(24)22-11-19(26,13-6-7-13)12-4-2-1-3-5-12/h1-5,8-10,13,26H,6-7,11H2,(H,22,24)(H,23,25)/t19-/m1/s1. The number of hydrogen-bond acceptors (Lipinski definition) is 3. The molecule has 0 saturated heterocycles. The maximum absolute atomic E-state index is 13.1. The lowest BCUT2D eigenvalue weighted by molar-refractivity contribution is -0.137. The topological polar surface area (TPSA) is 78.4 Å². The second kappa shape index (κ2) is 7.43. The number of hydrogen-bond donors (Lipinski definition) is 3. The largest absolute Gasteiger partial charge is 0.383 e. The van der Waals surface area contributed by atoms with E-state index in [1.165, 1.54) is 12.1 Å². The first kappa shape index (κ1) is 18.4. The summed E-state index contributed by atoms with van der Waals surface area (Å²) in [5.74, 6) is -2.38. The summed E-state index contributed by atoms with van der Waals surface area (Å²) in [6.45, 7) is -0.0713. The minimum atomic E-state index is -1.21. The van der Waals surface area contributed by atoms with Crippen LogP contribution >= 0.6 is 11.6 Å². The molecular weight excluding hydrogens is 359 g/mol. The van der Waals surface area contributed by atoms with Crippen molar-refractivity contribution in [3.63, 3.8) is 0 Å². The van der Waals surface area contributed by atoms with E-state index in [-0.39, 0.29) is 23.2 Å². The second-order valence-corrected chi connectivity index (χ2v) is 6.74. The molecule has 5 nitrogen and oxygen atoms in total.